The fourth-order valence-electron chi connectivity index (χ4n) is 2.06. The minimum absolute atomic E-state index is 0.118. The molecule has 2 aromatic heterocycles. The monoisotopic (exact) mass is 329 g/mol. The zero-order chi connectivity index (χ0) is 16.4. The number of sulfonamides is 1. The summed E-state index contributed by atoms with van der Waals surface area (Å²) in [4.78, 5) is 8.01. The van der Waals surface area contributed by atoms with Gasteiger partial charge in [-0.3, -0.25) is 9.71 Å². The fraction of sp³-hybridized carbons (Fsp3) is 0.125. The SMILES string of the molecule is Cc1ccc(S(=O)(=O)Nc2cc(-c3cnco3)ccc2C)cn1. The summed E-state index contributed by atoms with van der Waals surface area (Å²) >= 11 is 0. The Kier molecular flexibility index (Phi) is 3.87. The average Bonchev–Trinajstić information content (AvgIpc) is 3.04. The lowest BCUT2D eigenvalue weighted by Gasteiger charge is -2.11. The molecule has 0 spiro atoms. The molecule has 0 aliphatic heterocycles. The first-order valence-corrected chi connectivity index (χ1v) is 8.39. The molecule has 0 atom stereocenters. The van der Waals surface area contributed by atoms with Crippen LogP contribution in [0.3, 0.4) is 0 Å². The van der Waals surface area contributed by atoms with Crippen LogP contribution in [-0.2, 0) is 10.0 Å². The van der Waals surface area contributed by atoms with Crippen molar-refractivity contribution in [3.63, 3.8) is 0 Å². The molecule has 0 bridgehead atoms. The second-order valence-corrected chi connectivity index (χ2v) is 6.82. The molecule has 7 heteroatoms. The van der Waals surface area contributed by atoms with Crippen LogP contribution in [0, 0.1) is 13.8 Å². The van der Waals surface area contributed by atoms with E-state index in [1.165, 1.54) is 18.7 Å². The van der Waals surface area contributed by atoms with Crippen LogP contribution in [0.25, 0.3) is 11.3 Å². The lowest BCUT2D eigenvalue weighted by Crippen LogP contribution is -2.14. The third-order valence-corrected chi connectivity index (χ3v) is 4.74. The summed E-state index contributed by atoms with van der Waals surface area (Å²) in [5, 5.41) is 0. The summed E-state index contributed by atoms with van der Waals surface area (Å²) < 4.78 is 32.8. The molecule has 1 aromatic carbocycles. The number of nitrogens with one attached hydrogen (secondary N) is 1. The van der Waals surface area contributed by atoms with Crippen molar-refractivity contribution >= 4 is 15.7 Å². The highest BCUT2D eigenvalue weighted by molar-refractivity contribution is 7.92. The van der Waals surface area contributed by atoms with Gasteiger partial charge in [-0.1, -0.05) is 12.1 Å². The minimum atomic E-state index is -3.70. The number of hydrogen-bond acceptors (Lipinski definition) is 5. The van der Waals surface area contributed by atoms with Crippen LogP contribution in [0.5, 0.6) is 0 Å². The maximum Gasteiger partial charge on any atom is 0.263 e. The van der Waals surface area contributed by atoms with Gasteiger partial charge in [0.1, 0.15) is 4.90 Å². The summed E-state index contributed by atoms with van der Waals surface area (Å²) in [5.74, 6) is 0.572. The molecule has 23 heavy (non-hydrogen) atoms. The van der Waals surface area contributed by atoms with Gasteiger partial charge < -0.3 is 4.42 Å². The van der Waals surface area contributed by atoms with Crippen LogP contribution in [0.1, 0.15) is 11.3 Å². The molecule has 3 rings (SSSR count). The van der Waals surface area contributed by atoms with Gasteiger partial charge in [0.15, 0.2) is 12.2 Å². The summed E-state index contributed by atoms with van der Waals surface area (Å²) in [6, 6.07) is 8.58. The second kappa shape index (κ2) is 5.85. The lowest BCUT2D eigenvalue weighted by molar-refractivity contribution is 0.572. The second-order valence-electron chi connectivity index (χ2n) is 5.14. The third kappa shape index (κ3) is 3.24. The Bertz CT molecular complexity index is 918. The number of rotatable bonds is 4. The number of anilines is 1. The van der Waals surface area contributed by atoms with E-state index in [1.54, 1.807) is 25.3 Å². The predicted molar refractivity (Wildman–Crippen MR) is 86.5 cm³/mol. The van der Waals surface area contributed by atoms with Crippen LogP contribution < -0.4 is 4.72 Å². The number of pyridine rings is 1. The minimum Gasteiger partial charge on any atom is -0.444 e. The summed E-state index contributed by atoms with van der Waals surface area (Å²) in [6.45, 7) is 3.63. The van der Waals surface area contributed by atoms with E-state index >= 15 is 0 Å². The van der Waals surface area contributed by atoms with Gasteiger partial charge in [0.2, 0.25) is 0 Å². The van der Waals surface area contributed by atoms with Crippen molar-refractivity contribution in [3.05, 3.63) is 60.4 Å². The zero-order valence-corrected chi connectivity index (χ0v) is 13.5. The van der Waals surface area contributed by atoms with Gasteiger partial charge in [0, 0.05) is 17.5 Å². The molecule has 0 amide bonds. The summed E-state index contributed by atoms with van der Waals surface area (Å²) in [7, 11) is -3.70. The first-order chi connectivity index (χ1) is 11.0. The molecular weight excluding hydrogens is 314 g/mol. The molecule has 3 aromatic rings. The fourth-order valence-corrected chi connectivity index (χ4v) is 3.13. The standard InChI is InChI=1S/C16H15N3O3S/c1-11-3-5-13(16-9-17-10-22-16)7-15(11)19-23(20,21)14-6-4-12(2)18-8-14/h3-10,19H,1-2H3. The normalized spacial score (nSPS) is 11.4. The van der Waals surface area contributed by atoms with E-state index in [0.29, 0.717) is 11.4 Å². The van der Waals surface area contributed by atoms with Crippen LogP contribution >= 0.6 is 0 Å². The van der Waals surface area contributed by atoms with Crippen molar-refractivity contribution in [2.45, 2.75) is 18.7 Å². The van der Waals surface area contributed by atoms with Crippen molar-refractivity contribution < 1.29 is 12.8 Å². The quantitative estimate of drug-likeness (QED) is 0.794. The molecule has 0 saturated carbocycles. The molecule has 0 fully saturated rings. The predicted octanol–water partition coefficient (Wildman–Crippen LogP) is 3.15. The Morgan fingerprint density at radius 2 is 1.91 bits per heavy atom. The maximum atomic E-state index is 12.5. The Morgan fingerprint density at radius 3 is 2.57 bits per heavy atom. The van der Waals surface area contributed by atoms with Gasteiger partial charge in [-0.15, -0.1) is 0 Å². The number of aryl methyl sites for hydroxylation is 2. The van der Waals surface area contributed by atoms with Crippen LogP contribution in [0.2, 0.25) is 0 Å². The van der Waals surface area contributed by atoms with Crippen molar-refractivity contribution in [2.75, 3.05) is 4.72 Å². The molecule has 0 aliphatic rings. The van der Waals surface area contributed by atoms with Crippen molar-refractivity contribution in [2.24, 2.45) is 0 Å². The van der Waals surface area contributed by atoms with E-state index in [0.717, 1.165) is 16.8 Å². The Morgan fingerprint density at radius 1 is 1.09 bits per heavy atom. The topological polar surface area (TPSA) is 85.1 Å². The Hall–Kier alpha value is -2.67. The van der Waals surface area contributed by atoms with Gasteiger partial charge >= 0.3 is 0 Å². The maximum absolute atomic E-state index is 12.5. The van der Waals surface area contributed by atoms with Crippen molar-refractivity contribution in [1.29, 1.82) is 0 Å². The largest absolute Gasteiger partial charge is 0.444 e. The molecule has 0 radical (unpaired) electrons. The van der Waals surface area contributed by atoms with Gasteiger partial charge in [0.25, 0.3) is 10.0 Å². The van der Waals surface area contributed by atoms with E-state index < -0.39 is 10.0 Å². The van der Waals surface area contributed by atoms with E-state index in [9.17, 15) is 8.42 Å². The number of oxazole rings is 1. The van der Waals surface area contributed by atoms with Gasteiger partial charge in [-0.25, -0.2) is 13.4 Å². The Labute approximate surface area is 134 Å². The summed E-state index contributed by atoms with van der Waals surface area (Å²) in [6.07, 6.45) is 4.25. The third-order valence-electron chi connectivity index (χ3n) is 3.39. The van der Waals surface area contributed by atoms with Crippen LogP contribution in [0.15, 0.2) is 58.4 Å². The van der Waals surface area contributed by atoms with E-state index in [4.69, 9.17) is 4.42 Å². The highest BCUT2D eigenvalue weighted by atomic mass is 32.2. The molecule has 2 heterocycles. The van der Waals surface area contributed by atoms with Gasteiger partial charge in [-0.2, -0.15) is 0 Å². The van der Waals surface area contributed by atoms with Gasteiger partial charge in [0.05, 0.1) is 11.9 Å². The molecule has 118 valence electrons. The first kappa shape index (κ1) is 15.2. The van der Waals surface area contributed by atoms with Crippen LogP contribution in [0.4, 0.5) is 5.69 Å². The molecule has 0 aliphatic carbocycles. The number of benzene rings is 1. The van der Waals surface area contributed by atoms with E-state index in [2.05, 4.69) is 14.7 Å². The van der Waals surface area contributed by atoms with Crippen LogP contribution in [-0.4, -0.2) is 18.4 Å². The number of aromatic nitrogens is 2. The molecule has 6 nitrogen and oxygen atoms in total. The highest BCUT2D eigenvalue weighted by Gasteiger charge is 2.16. The van der Waals surface area contributed by atoms with E-state index in [-0.39, 0.29) is 4.90 Å². The smallest absolute Gasteiger partial charge is 0.263 e. The molecule has 1 N–H and O–H groups in total. The van der Waals surface area contributed by atoms with Gasteiger partial charge in [-0.05, 0) is 37.6 Å². The van der Waals surface area contributed by atoms with Crippen molar-refractivity contribution in [3.8, 4) is 11.3 Å². The zero-order valence-electron chi connectivity index (χ0n) is 12.6. The number of hydrogen-bond donors (Lipinski definition) is 1. The molecule has 0 unspecified atom stereocenters. The summed E-state index contributed by atoms with van der Waals surface area (Å²) in [5.41, 5.74) is 2.79. The first-order valence-electron chi connectivity index (χ1n) is 6.91. The van der Waals surface area contributed by atoms with Crippen molar-refractivity contribution in [1.82, 2.24) is 9.97 Å². The highest BCUT2D eigenvalue weighted by Crippen LogP contribution is 2.26. The Balaban J connectivity index is 1.96. The molecule has 0 saturated heterocycles. The number of nitrogens with zero attached hydrogens (tertiary/aromatic N) is 2. The average molecular weight is 329 g/mol. The van der Waals surface area contributed by atoms with E-state index in [1.807, 2.05) is 19.1 Å². The lowest BCUT2D eigenvalue weighted by atomic mass is 10.1. The molecular formula is C16H15N3O3S.